The molecule has 0 radical (unpaired) electrons. The summed E-state index contributed by atoms with van der Waals surface area (Å²) in [6, 6.07) is 0. The number of nitrogen functional groups attached to an aromatic ring is 1. The fraction of sp³-hybridized carbons (Fsp3) is 0.571. The minimum Gasteiger partial charge on any atom is -0.385 e. The molecule has 0 aromatic carbocycles. The number of aromatic nitrogens is 4. The number of rotatable bonds is 10. The summed E-state index contributed by atoms with van der Waals surface area (Å²) in [6.45, 7) is -0.257. The predicted molar refractivity (Wildman–Crippen MR) is 122 cm³/mol. The Morgan fingerprint density at radius 3 is 2.61 bits per heavy atom. The Labute approximate surface area is 211 Å². The van der Waals surface area contributed by atoms with Gasteiger partial charge < -0.3 is 30.3 Å². The Kier molecular flexibility index (Phi) is 7.80. The van der Waals surface area contributed by atoms with Crippen molar-refractivity contribution < 1.29 is 60.1 Å². The van der Waals surface area contributed by atoms with Crippen molar-refractivity contribution in [2.45, 2.75) is 24.5 Å². The third kappa shape index (κ3) is 6.28. The molecule has 2 aromatic rings. The molecule has 1 unspecified atom stereocenters. The van der Waals surface area contributed by atoms with Crippen LogP contribution in [0, 0.1) is 0 Å². The molecule has 21 nitrogen and oxygen atoms in total. The highest BCUT2D eigenvalue weighted by atomic mass is 32.2. The van der Waals surface area contributed by atoms with Gasteiger partial charge >= 0.3 is 21.2 Å². The summed E-state index contributed by atoms with van der Waals surface area (Å²) in [5.41, 5.74) is 4.92. The maximum atomic E-state index is 13.0. The fourth-order valence-electron chi connectivity index (χ4n) is 3.58. The number of phosphoric acid groups is 2. The highest BCUT2D eigenvalue weighted by molar-refractivity contribution is 7.85. The lowest BCUT2D eigenvalue weighted by Crippen LogP contribution is -2.42. The average molecular weight is 605 g/mol. The quantitative estimate of drug-likeness (QED) is 0.102. The molecule has 24 heteroatoms. The molecule has 0 amide bonds. The van der Waals surface area contributed by atoms with E-state index in [0.717, 1.165) is 15.6 Å². The van der Waals surface area contributed by atoms with Crippen LogP contribution in [0.25, 0.3) is 11.2 Å². The Balaban J connectivity index is 1.64. The topological polar surface area (TPSA) is 290 Å². The van der Waals surface area contributed by atoms with E-state index in [-0.39, 0.29) is 17.1 Å². The van der Waals surface area contributed by atoms with Gasteiger partial charge in [-0.2, -0.15) is 22.4 Å². The lowest BCUT2D eigenvalue weighted by Gasteiger charge is -2.20. The molecule has 1 fully saturated rings. The van der Waals surface area contributed by atoms with Gasteiger partial charge in [0, 0.05) is 0 Å². The van der Waals surface area contributed by atoms with Gasteiger partial charge in [0.25, 0.3) is 10.1 Å². The lowest BCUT2D eigenvalue weighted by atomic mass is 10.1. The Morgan fingerprint density at radius 1 is 1.29 bits per heavy atom. The minimum absolute atomic E-state index is 0.161. The molecule has 2 aliphatic heterocycles. The fourth-order valence-corrected chi connectivity index (χ4v) is 5.41. The first-order valence-corrected chi connectivity index (χ1v) is 15.1. The maximum Gasteiger partial charge on any atom is 0.481 e. The van der Waals surface area contributed by atoms with Crippen LogP contribution in [0.2, 0.25) is 0 Å². The van der Waals surface area contributed by atoms with E-state index in [0.29, 0.717) is 19.3 Å². The zero-order valence-corrected chi connectivity index (χ0v) is 21.6. The van der Waals surface area contributed by atoms with Crippen molar-refractivity contribution in [3.63, 3.8) is 0 Å². The van der Waals surface area contributed by atoms with Gasteiger partial charge in [-0.1, -0.05) is 0 Å². The molecule has 4 heterocycles. The van der Waals surface area contributed by atoms with Crippen molar-refractivity contribution in [2.24, 2.45) is 4.99 Å². The first-order chi connectivity index (χ1) is 17.6. The van der Waals surface area contributed by atoms with Crippen LogP contribution in [0.4, 0.5) is 5.95 Å². The monoisotopic (exact) mass is 605 g/mol. The van der Waals surface area contributed by atoms with Gasteiger partial charge in [0.15, 0.2) is 23.5 Å². The zero-order valence-electron chi connectivity index (χ0n) is 19.0. The van der Waals surface area contributed by atoms with E-state index < -0.39 is 62.5 Å². The van der Waals surface area contributed by atoms with Crippen molar-refractivity contribution in [1.82, 2.24) is 19.2 Å². The second-order valence-corrected chi connectivity index (χ2v) is 12.2. The summed E-state index contributed by atoms with van der Waals surface area (Å²) in [5, 5.41) is 12.3. The van der Waals surface area contributed by atoms with Gasteiger partial charge in [-0.25, -0.2) is 19.0 Å². The van der Waals surface area contributed by atoms with Gasteiger partial charge in [-0.3, -0.25) is 23.9 Å². The van der Waals surface area contributed by atoms with E-state index in [4.69, 9.17) is 25.1 Å². The van der Waals surface area contributed by atoms with Gasteiger partial charge in [-0.05, 0) is 0 Å². The number of aliphatic imine (C=N–C) groups is 1. The van der Waals surface area contributed by atoms with Crippen LogP contribution in [0.15, 0.2) is 16.1 Å². The molecule has 212 valence electrons. The molecular formula is C14H21N7O14P2S. The molecule has 2 aromatic heterocycles. The third-order valence-corrected chi connectivity index (χ3v) is 7.48. The van der Waals surface area contributed by atoms with Crippen LogP contribution in [-0.2, 0) is 42.0 Å². The van der Waals surface area contributed by atoms with Crippen LogP contribution < -0.4 is 16.3 Å². The van der Waals surface area contributed by atoms with Crippen molar-refractivity contribution in [3.8, 4) is 0 Å². The van der Waals surface area contributed by atoms with Gasteiger partial charge in [0.2, 0.25) is 5.95 Å². The van der Waals surface area contributed by atoms with Crippen molar-refractivity contribution >= 4 is 49.2 Å². The summed E-state index contributed by atoms with van der Waals surface area (Å²) < 4.78 is 65.6. The number of anilines is 1. The van der Waals surface area contributed by atoms with E-state index >= 15 is 0 Å². The highest BCUT2D eigenvalue weighted by Crippen LogP contribution is 2.57. The summed E-state index contributed by atoms with van der Waals surface area (Å²) in [5.74, 6) is -0.269. The number of imidazole rings is 1. The molecule has 0 spiro atoms. The second-order valence-electron chi connectivity index (χ2n) is 7.82. The Hall–Kier alpha value is -2.33. The lowest BCUT2D eigenvalue weighted by molar-refractivity contribution is -0.265. The molecule has 5 atom stereocenters. The van der Waals surface area contributed by atoms with Crippen molar-refractivity contribution in [1.29, 1.82) is 0 Å². The summed E-state index contributed by atoms with van der Waals surface area (Å²) in [7, 11) is -15.0. The number of phosphoric ester groups is 1. The molecule has 38 heavy (non-hydrogen) atoms. The smallest absolute Gasteiger partial charge is 0.385 e. The van der Waals surface area contributed by atoms with Crippen LogP contribution >= 0.6 is 15.6 Å². The van der Waals surface area contributed by atoms with Crippen LogP contribution in [0.3, 0.4) is 0 Å². The zero-order chi connectivity index (χ0) is 28.0. The standard InChI is InChI=1S/C14H21N7O14P2S/c1-38(29,30)34-33-10-7(4-31-37(27,28)35-36(24,25)26)32-13(9(10)22)20-6-17-8-11(20)18-14(15)21(12(8)23)19-3-2-16-5-19/h5-7,9-10,13,22H,2-4H2,1H3,(H2,15,18)(H,27,28)(H2,24,25,26)/t7-,9-,10-,13-/m1/s1. The van der Waals surface area contributed by atoms with E-state index in [1.54, 1.807) is 0 Å². The van der Waals surface area contributed by atoms with Crippen molar-refractivity contribution in [3.05, 3.63) is 16.7 Å². The van der Waals surface area contributed by atoms with E-state index in [9.17, 15) is 32.3 Å². The number of ether oxygens (including phenoxy) is 1. The number of aliphatic hydroxyl groups is 1. The third-order valence-electron chi connectivity index (χ3n) is 5.00. The Morgan fingerprint density at radius 2 is 2.00 bits per heavy atom. The molecule has 0 saturated carbocycles. The highest BCUT2D eigenvalue weighted by Gasteiger charge is 2.49. The first kappa shape index (κ1) is 28.7. The maximum absolute atomic E-state index is 13.0. The molecular weight excluding hydrogens is 584 g/mol. The van der Waals surface area contributed by atoms with Crippen LogP contribution in [0.1, 0.15) is 6.23 Å². The molecule has 4 rings (SSSR count). The van der Waals surface area contributed by atoms with E-state index in [1.807, 2.05) is 0 Å². The van der Waals surface area contributed by atoms with Crippen LogP contribution in [0.5, 0.6) is 0 Å². The summed E-state index contributed by atoms with van der Waals surface area (Å²) in [4.78, 5) is 56.9. The number of nitrogens with two attached hydrogens (primary N) is 1. The number of aliphatic hydroxyl groups excluding tert-OH is 1. The van der Waals surface area contributed by atoms with Crippen molar-refractivity contribution in [2.75, 3.05) is 36.7 Å². The normalized spacial score (nSPS) is 25.9. The second kappa shape index (κ2) is 10.3. The minimum atomic E-state index is -5.45. The predicted octanol–water partition coefficient (Wildman–Crippen LogP) is -3.08. The SMILES string of the molecule is CS(=O)(=O)OO[C@H]1[C@@H](O)[C@H](n2cnc3c(=O)n(N4C=NCC4)c(N)nc32)O[C@@H]1COP(=O)(O)OP(=O)(O)O. The van der Waals surface area contributed by atoms with Crippen LogP contribution in [-0.4, -0.2) is 98.0 Å². The molecule has 6 N–H and O–H groups in total. The summed E-state index contributed by atoms with van der Waals surface area (Å²) >= 11 is 0. The number of hydrogen-bond acceptors (Lipinski definition) is 16. The van der Waals surface area contributed by atoms with Gasteiger partial charge in [0.05, 0.1) is 32.3 Å². The molecule has 2 aliphatic rings. The molecule has 0 bridgehead atoms. The number of nitrogens with zero attached hydrogens (tertiary/aromatic N) is 6. The largest absolute Gasteiger partial charge is 0.481 e. The molecule has 0 aliphatic carbocycles. The van der Waals surface area contributed by atoms with Gasteiger partial charge in [-0.15, -0.1) is 4.33 Å². The Bertz CT molecular complexity index is 1500. The van der Waals surface area contributed by atoms with E-state index in [2.05, 4.69) is 28.1 Å². The number of fused-ring (bicyclic) bond motifs is 1. The average Bonchev–Trinajstić information content (AvgIpc) is 3.48. The van der Waals surface area contributed by atoms with E-state index in [1.165, 1.54) is 11.3 Å². The first-order valence-electron chi connectivity index (χ1n) is 10.2. The molecule has 1 saturated heterocycles. The van der Waals surface area contributed by atoms with Gasteiger partial charge in [0.1, 0.15) is 18.5 Å². The summed E-state index contributed by atoms with van der Waals surface area (Å²) in [6.07, 6.45) is -3.61. The number of hydrogen-bond donors (Lipinski definition) is 5.